The summed E-state index contributed by atoms with van der Waals surface area (Å²) in [6, 6.07) is -0.183. The molecule has 5 heteroatoms. The van der Waals surface area contributed by atoms with E-state index in [1.807, 2.05) is 0 Å². The molecule has 2 unspecified atom stereocenters. The van der Waals surface area contributed by atoms with Gasteiger partial charge in [-0.15, -0.1) is 0 Å². The molecular formula is C13H22N2O2S. The Bertz CT molecular complexity index is 331. The Hall–Kier alpha value is -0.710. The predicted molar refractivity (Wildman–Crippen MR) is 73.6 cm³/mol. The van der Waals surface area contributed by atoms with Crippen LogP contribution in [0.1, 0.15) is 32.6 Å². The fourth-order valence-electron chi connectivity index (χ4n) is 2.81. The minimum atomic E-state index is -0.183. The number of carbonyl (C=O) groups is 2. The zero-order valence-electron chi connectivity index (χ0n) is 11.0. The van der Waals surface area contributed by atoms with Gasteiger partial charge < -0.3 is 9.80 Å². The molecule has 102 valence electrons. The van der Waals surface area contributed by atoms with Crippen LogP contribution >= 0.6 is 12.6 Å². The monoisotopic (exact) mass is 270 g/mol. The lowest BCUT2D eigenvalue weighted by atomic mass is 9.97. The maximum Gasteiger partial charge on any atom is 0.245 e. The summed E-state index contributed by atoms with van der Waals surface area (Å²) in [5.41, 5.74) is 0. The molecule has 0 saturated carbocycles. The number of nitrogens with zero attached hydrogens (tertiary/aromatic N) is 2. The number of hydrogen-bond donors (Lipinski definition) is 1. The Balaban J connectivity index is 2.05. The highest BCUT2D eigenvalue weighted by Gasteiger charge is 2.40. The van der Waals surface area contributed by atoms with Gasteiger partial charge in [0.15, 0.2) is 0 Å². The van der Waals surface area contributed by atoms with Crippen molar-refractivity contribution >= 4 is 24.4 Å². The second-order valence-corrected chi connectivity index (χ2v) is 5.64. The Morgan fingerprint density at radius 3 is 2.83 bits per heavy atom. The van der Waals surface area contributed by atoms with Gasteiger partial charge in [0.1, 0.15) is 6.04 Å². The first-order chi connectivity index (χ1) is 8.67. The lowest BCUT2D eigenvalue weighted by Crippen LogP contribution is -2.61. The molecule has 2 saturated heterocycles. The summed E-state index contributed by atoms with van der Waals surface area (Å²) in [7, 11) is 0. The van der Waals surface area contributed by atoms with Crippen LogP contribution in [0, 0.1) is 5.92 Å². The number of rotatable bonds is 4. The molecule has 0 bridgehead atoms. The molecule has 0 spiro atoms. The number of piperidine rings is 1. The van der Waals surface area contributed by atoms with E-state index in [0.717, 1.165) is 38.0 Å². The minimum absolute atomic E-state index is 0.119. The van der Waals surface area contributed by atoms with Crippen LogP contribution in [0.2, 0.25) is 0 Å². The zero-order valence-corrected chi connectivity index (χ0v) is 11.9. The molecule has 0 aromatic rings. The lowest BCUT2D eigenvalue weighted by molar-refractivity contribution is -0.158. The molecule has 0 aliphatic carbocycles. The van der Waals surface area contributed by atoms with Crippen LogP contribution in [-0.4, -0.2) is 53.0 Å². The van der Waals surface area contributed by atoms with E-state index >= 15 is 0 Å². The number of piperazine rings is 1. The van der Waals surface area contributed by atoms with Crippen molar-refractivity contribution in [2.45, 2.75) is 38.6 Å². The van der Waals surface area contributed by atoms with Gasteiger partial charge in [-0.1, -0.05) is 13.3 Å². The Kier molecular flexibility index (Phi) is 4.54. The molecular weight excluding hydrogens is 248 g/mol. The standard InChI is InChI=1S/C13H22N2O2S/c1-2-10(9-18)7-14-8-12(16)15-6-4-3-5-11(15)13(14)17/h10-11,18H,2-9H2,1H3. The van der Waals surface area contributed by atoms with Gasteiger partial charge in [-0.2, -0.15) is 12.6 Å². The summed E-state index contributed by atoms with van der Waals surface area (Å²) < 4.78 is 0. The quantitative estimate of drug-likeness (QED) is 0.779. The minimum Gasteiger partial charge on any atom is -0.331 e. The van der Waals surface area contributed by atoms with Crippen molar-refractivity contribution in [2.24, 2.45) is 5.92 Å². The molecule has 18 heavy (non-hydrogen) atoms. The first-order valence-electron chi connectivity index (χ1n) is 6.86. The average molecular weight is 270 g/mol. The summed E-state index contributed by atoms with van der Waals surface area (Å²) in [4.78, 5) is 28.0. The molecule has 0 aromatic heterocycles. The van der Waals surface area contributed by atoms with Crippen LogP contribution in [0.15, 0.2) is 0 Å². The highest BCUT2D eigenvalue weighted by Crippen LogP contribution is 2.24. The Morgan fingerprint density at radius 2 is 2.17 bits per heavy atom. The molecule has 0 aromatic carbocycles. The van der Waals surface area contributed by atoms with E-state index in [1.54, 1.807) is 9.80 Å². The van der Waals surface area contributed by atoms with Gasteiger partial charge in [-0.25, -0.2) is 0 Å². The first-order valence-corrected chi connectivity index (χ1v) is 7.49. The van der Waals surface area contributed by atoms with Crippen LogP contribution < -0.4 is 0 Å². The van der Waals surface area contributed by atoms with E-state index in [-0.39, 0.29) is 24.4 Å². The topological polar surface area (TPSA) is 40.6 Å². The van der Waals surface area contributed by atoms with Crippen molar-refractivity contribution in [3.63, 3.8) is 0 Å². The van der Waals surface area contributed by atoms with Gasteiger partial charge in [0.25, 0.3) is 0 Å². The second kappa shape index (κ2) is 5.95. The SMILES string of the molecule is CCC(CS)CN1CC(=O)N2CCCCC2C1=O. The Morgan fingerprint density at radius 1 is 1.39 bits per heavy atom. The highest BCUT2D eigenvalue weighted by atomic mass is 32.1. The highest BCUT2D eigenvalue weighted by molar-refractivity contribution is 7.80. The number of thiol groups is 1. The van der Waals surface area contributed by atoms with Gasteiger partial charge in [-0.3, -0.25) is 9.59 Å². The molecule has 2 aliphatic heterocycles. The molecule has 2 amide bonds. The third-order valence-corrected chi connectivity index (χ3v) is 4.58. The van der Waals surface area contributed by atoms with E-state index < -0.39 is 0 Å². The smallest absolute Gasteiger partial charge is 0.245 e. The summed E-state index contributed by atoms with van der Waals surface area (Å²) in [6.07, 6.45) is 3.91. The van der Waals surface area contributed by atoms with Crippen molar-refractivity contribution in [1.82, 2.24) is 9.80 Å². The fraction of sp³-hybridized carbons (Fsp3) is 0.846. The van der Waals surface area contributed by atoms with Crippen molar-refractivity contribution in [2.75, 3.05) is 25.4 Å². The molecule has 4 nitrogen and oxygen atoms in total. The van der Waals surface area contributed by atoms with Gasteiger partial charge in [-0.05, 0) is 30.9 Å². The van der Waals surface area contributed by atoms with Crippen molar-refractivity contribution in [3.05, 3.63) is 0 Å². The van der Waals surface area contributed by atoms with Crippen molar-refractivity contribution in [1.29, 1.82) is 0 Å². The predicted octanol–water partition coefficient (Wildman–Crippen LogP) is 1.17. The number of carbonyl (C=O) groups excluding carboxylic acids is 2. The number of amides is 2. The van der Waals surface area contributed by atoms with E-state index in [4.69, 9.17) is 0 Å². The molecule has 0 N–H and O–H groups in total. The summed E-state index contributed by atoms with van der Waals surface area (Å²) in [5.74, 6) is 1.42. The second-order valence-electron chi connectivity index (χ2n) is 5.27. The van der Waals surface area contributed by atoms with E-state index in [2.05, 4.69) is 19.6 Å². The molecule has 0 radical (unpaired) electrons. The van der Waals surface area contributed by atoms with Gasteiger partial charge in [0.05, 0.1) is 6.54 Å². The largest absolute Gasteiger partial charge is 0.331 e. The van der Waals surface area contributed by atoms with Crippen LogP contribution in [0.25, 0.3) is 0 Å². The molecule has 2 aliphatic rings. The molecule has 2 fully saturated rings. The molecule has 2 atom stereocenters. The first kappa shape index (κ1) is 13.7. The fourth-order valence-corrected chi connectivity index (χ4v) is 3.19. The van der Waals surface area contributed by atoms with E-state index in [0.29, 0.717) is 12.5 Å². The van der Waals surface area contributed by atoms with Gasteiger partial charge >= 0.3 is 0 Å². The maximum absolute atomic E-state index is 12.4. The van der Waals surface area contributed by atoms with Gasteiger partial charge in [0.2, 0.25) is 11.8 Å². The summed E-state index contributed by atoms with van der Waals surface area (Å²) >= 11 is 4.31. The van der Waals surface area contributed by atoms with Gasteiger partial charge in [0, 0.05) is 13.1 Å². The Labute approximate surface area is 114 Å². The third-order valence-electron chi connectivity index (χ3n) is 4.06. The summed E-state index contributed by atoms with van der Waals surface area (Å²) in [6.45, 7) is 3.80. The molecule has 2 rings (SSSR count). The average Bonchev–Trinajstić information content (AvgIpc) is 2.41. The summed E-state index contributed by atoms with van der Waals surface area (Å²) in [5, 5.41) is 0. The van der Waals surface area contributed by atoms with Crippen molar-refractivity contribution in [3.8, 4) is 0 Å². The number of fused-ring (bicyclic) bond motifs is 1. The van der Waals surface area contributed by atoms with Crippen LogP contribution in [0.4, 0.5) is 0 Å². The van der Waals surface area contributed by atoms with E-state index in [1.165, 1.54) is 0 Å². The van der Waals surface area contributed by atoms with Crippen molar-refractivity contribution < 1.29 is 9.59 Å². The van der Waals surface area contributed by atoms with Crippen LogP contribution in [0.3, 0.4) is 0 Å². The lowest BCUT2D eigenvalue weighted by Gasteiger charge is -2.43. The number of hydrogen-bond acceptors (Lipinski definition) is 3. The van der Waals surface area contributed by atoms with Crippen LogP contribution in [0.5, 0.6) is 0 Å². The third kappa shape index (κ3) is 2.66. The molecule has 2 heterocycles. The van der Waals surface area contributed by atoms with Crippen LogP contribution in [-0.2, 0) is 9.59 Å². The normalized spacial score (nSPS) is 26.2. The zero-order chi connectivity index (χ0) is 13.1. The van der Waals surface area contributed by atoms with E-state index in [9.17, 15) is 9.59 Å². The maximum atomic E-state index is 12.4.